The SMILES string of the molecule is CC1(C)O[C@@H]2C(CO)OC(n3cnc4c(Cl)ncnc43)[C@]2(C)O1. The van der Waals surface area contributed by atoms with E-state index in [-0.39, 0.29) is 11.8 Å². The van der Waals surface area contributed by atoms with Crippen LogP contribution in [0.2, 0.25) is 5.15 Å². The van der Waals surface area contributed by atoms with Crippen LogP contribution in [-0.2, 0) is 14.2 Å². The van der Waals surface area contributed by atoms with E-state index in [1.165, 1.54) is 6.33 Å². The van der Waals surface area contributed by atoms with Crippen molar-refractivity contribution in [2.24, 2.45) is 0 Å². The van der Waals surface area contributed by atoms with Crippen LogP contribution < -0.4 is 0 Å². The van der Waals surface area contributed by atoms with Crippen molar-refractivity contribution >= 4 is 22.8 Å². The van der Waals surface area contributed by atoms with Gasteiger partial charge in [0.25, 0.3) is 0 Å². The molecule has 0 aliphatic carbocycles. The van der Waals surface area contributed by atoms with Crippen LogP contribution >= 0.6 is 11.6 Å². The normalized spacial score (nSPS) is 35.8. The van der Waals surface area contributed by atoms with Gasteiger partial charge in [0, 0.05) is 0 Å². The molecule has 124 valence electrons. The molecule has 2 aromatic rings. The number of aromatic nitrogens is 4. The van der Waals surface area contributed by atoms with Gasteiger partial charge in [0.2, 0.25) is 0 Å². The van der Waals surface area contributed by atoms with E-state index < -0.39 is 29.8 Å². The Bertz CT molecular complexity index is 766. The lowest BCUT2D eigenvalue weighted by atomic mass is 9.96. The van der Waals surface area contributed by atoms with E-state index in [0.717, 1.165) is 0 Å². The van der Waals surface area contributed by atoms with E-state index >= 15 is 0 Å². The fraction of sp³-hybridized carbons (Fsp3) is 0.643. The maximum atomic E-state index is 9.64. The third kappa shape index (κ3) is 2.10. The number of ether oxygens (including phenoxy) is 3. The molecular formula is C14H17ClN4O4. The lowest BCUT2D eigenvalue weighted by Crippen LogP contribution is -2.42. The minimum atomic E-state index is -0.790. The van der Waals surface area contributed by atoms with Crippen molar-refractivity contribution in [1.82, 2.24) is 19.5 Å². The lowest BCUT2D eigenvalue weighted by Gasteiger charge is -2.30. The van der Waals surface area contributed by atoms with Gasteiger partial charge in [-0.2, -0.15) is 0 Å². The fourth-order valence-electron chi connectivity index (χ4n) is 3.52. The molecular weight excluding hydrogens is 324 g/mol. The summed E-state index contributed by atoms with van der Waals surface area (Å²) in [6.45, 7) is 5.42. The number of aliphatic hydroxyl groups is 1. The second-order valence-electron chi connectivity index (χ2n) is 6.42. The number of rotatable bonds is 2. The molecule has 2 saturated heterocycles. The van der Waals surface area contributed by atoms with Crippen molar-refractivity contribution in [3.8, 4) is 0 Å². The summed E-state index contributed by atoms with van der Waals surface area (Å²) in [5, 5.41) is 9.91. The zero-order valence-electron chi connectivity index (χ0n) is 12.9. The zero-order chi connectivity index (χ0) is 16.4. The summed E-state index contributed by atoms with van der Waals surface area (Å²) in [6, 6.07) is 0. The standard InChI is InChI=1S/C14H17ClN4O4/c1-13(2)22-9-7(4-20)21-12(14(9,3)23-13)19-6-18-8-10(15)16-5-17-11(8)19/h5-7,9,12,20H,4H2,1-3H3/t7?,9-,12?,14-/m1/s1. The first-order chi connectivity index (χ1) is 10.9. The zero-order valence-corrected chi connectivity index (χ0v) is 13.7. The molecule has 0 spiro atoms. The average Bonchev–Trinajstić information content (AvgIpc) is 3.07. The molecule has 9 heteroatoms. The number of fused-ring (bicyclic) bond motifs is 2. The van der Waals surface area contributed by atoms with E-state index in [1.54, 1.807) is 10.9 Å². The molecule has 23 heavy (non-hydrogen) atoms. The topological polar surface area (TPSA) is 91.5 Å². The van der Waals surface area contributed by atoms with E-state index in [0.29, 0.717) is 11.2 Å². The Hall–Kier alpha value is -1.32. The second kappa shape index (κ2) is 4.84. The summed E-state index contributed by atoms with van der Waals surface area (Å²) in [5.74, 6) is -0.766. The van der Waals surface area contributed by atoms with Gasteiger partial charge in [-0.15, -0.1) is 0 Å². The molecule has 2 aliphatic heterocycles. The van der Waals surface area contributed by atoms with Crippen molar-refractivity contribution in [3.05, 3.63) is 17.8 Å². The molecule has 0 amide bonds. The highest BCUT2D eigenvalue weighted by molar-refractivity contribution is 6.33. The van der Waals surface area contributed by atoms with Gasteiger partial charge in [-0.05, 0) is 20.8 Å². The van der Waals surface area contributed by atoms with Crippen LogP contribution in [0.25, 0.3) is 11.2 Å². The molecule has 2 fully saturated rings. The second-order valence-corrected chi connectivity index (χ2v) is 6.78. The molecule has 4 heterocycles. The molecule has 2 aromatic heterocycles. The van der Waals surface area contributed by atoms with Crippen LogP contribution in [0, 0.1) is 0 Å². The summed E-state index contributed by atoms with van der Waals surface area (Å²) in [7, 11) is 0. The molecule has 0 aromatic carbocycles. The summed E-state index contributed by atoms with van der Waals surface area (Å²) in [6.07, 6.45) is 1.51. The number of aliphatic hydroxyl groups excluding tert-OH is 1. The highest BCUT2D eigenvalue weighted by atomic mass is 35.5. The predicted octanol–water partition coefficient (Wildman–Crippen LogP) is 1.28. The third-order valence-electron chi connectivity index (χ3n) is 4.32. The molecule has 4 atom stereocenters. The molecule has 0 bridgehead atoms. The van der Waals surface area contributed by atoms with Crippen LogP contribution in [0.3, 0.4) is 0 Å². The molecule has 2 unspecified atom stereocenters. The first-order valence-corrected chi connectivity index (χ1v) is 7.71. The Morgan fingerprint density at radius 1 is 1.30 bits per heavy atom. The summed E-state index contributed by atoms with van der Waals surface area (Å²) in [5.41, 5.74) is 0.243. The highest BCUT2D eigenvalue weighted by Crippen LogP contribution is 2.51. The van der Waals surface area contributed by atoms with Gasteiger partial charge >= 0.3 is 0 Å². The van der Waals surface area contributed by atoms with E-state index in [9.17, 15) is 5.11 Å². The van der Waals surface area contributed by atoms with Crippen LogP contribution in [0.15, 0.2) is 12.7 Å². The van der Waals surface area contributed by atoms with Gasteiger partial charge in [0.15, 0.2) is 22.8 Å². The van der Waals surface area contributed by atoms with Crippen LogP contribution in [-0.4, -0.2) is 54.8 Å². The van der Waals surface area contributed by atoms with Crippen LogP contribution in [0.5, 0.6) is 0 Å². The molecule has 1 N–H and O–H groups in total. The highest BCUT2D eigenvalue weighted by Gasteiger charge is 2.64. The largest absolute Gasteiger partial charge is 0.394 e. The Kier molecular flexibility index (Phi) is 3.20. The van der Waals surface area contributed by atoms with Gasteiger partial charge in [-0.1, -0.05) is 11.6 Å². The number of hydrogen-bond donors (Lipinski definition) is 1. The van der Waals surface area contributed by atoms with Crippen molar-refractivity contribution < 1.29 is 19.3 Å². The van der Waals surface area contributed by atoms with E-state index in [4.69, 9.17) is 25.8 Å². The monoisotopic (exact) mass is 340 g/mol. The number of imidazole rings is 1. The molecule has 2 aliphatic rings. The first kappa shape index (κ1) is 15.2. The van der Waals surface area contributed by atoms with Crippen LogP contribution in [0.1, 0.15) is 27.0 Å². The Labute approximate surface area is 137 Å². The van der Waals surface area contributed by atoms with E-state index in [2.05, 4.69) is 15.0 Å². The predicted molar refractivity (Wildman–Crippen MR) is 79.8 cm³/mol. The third-order valence-corrected chi connectivity index (χ3v) is 4.60. The fourth-order valence-corrected chi connectivity index (χ4v) is 3.69. The quantitative estimate of drug-likeness (QED) is 0.823. The van der Waals surface area contributed by atoms with Gasteiger partial charge in [-0.3, -0.25) is 4.57 Å². The molecule has 4 rings (SSSR count). The summed E-state index contributed by atoms with van der Waals surface area (Å²) >= 11 is 6.06. The van der Waals surface area contributed by atoms with Gasteiger partial charge < -0.3 is 19.3 Å². The van der Waals surface area contributed by atoms with Crippen molar-refractivity contribution in [2.75, 3.05) is 6.61 Å². The van der Waals surface area contributed by atoms with E-state index in [1.807, 2.05) is 20.8 Å². The number of nitrogens with zero attached hydrogens (tertiary/aromatic N) is 4. The molecule has 0 radical (unpaired) electrons. The van der Waals surface area contributed by atoms with Crippen molar-refractivity contribution in [1.29, 1.82) is 0 Å². The van der Waals surface area contributed by atoms with Crippen molar-refractivity contribution in [2.45, 2.75) is 50.6 Å². The van der Waals surface area contributed by atoms with Crippen molar-refractivity contribution in [3.63, 3.8) is 0 Å². The Balaban J connectivity index is 1.83. The maximum absolute atomic E-state index is 9.64. The Morgan fingerprint density at radius 2 is 2.09 bits per heavy atom. The lowest BCUT2D eigenvalue weighted by molar-refractivity contribution is -0.217. The molecule has 8 nitrogen and oxygen atoms in total. The van der Waals surface area contributed by atoms with Gasteiger partial charge in [0.05, 0.1) is 12.9 Å². The number of hydrogen-bond acceptors (Lipinski definition) is 7. The first-order valence-electron chi connectivity index (χ1n) is 7.33. The van der Waals surface area contributed by atoms with Gasteiger partial charge in [-0.25, -0.2) is 15.0 Å². The smallest absolute Gasteiger partial charge is 0.168 e. The van der Waals surface area contributed by atoms with Gasteiger partial charge in [0.1, 0.15) is 29.7 Å². The minimum Gasteiger partial charge on any atom is -0.394 e. The number of halogens is 1. The minimum absolute atomic E-state index is 0.168. The maximum Gasteiger partial charge on any atom is 0.168 e. The average molecular weight is 341 g/mol. The Morgan fingerprint density at radius 3 is 2.83 bits per heavy atom. The van der Waals surface area contributed by atoms with Crippen LogP contribution in [0.4, 0.5) is 0 Å². The summed E-state index contributed by atoms with van der Waals surface area (Å²) in [4.78, 5) is 12.4. The molecule has 0 saturated carbocycles. The summed E-state index contributed by atoms with van der Waals surface area (Å²) < 4.78 is 19.8.